The normalized spacial score (nSPS) is 19.4. The molecular weight excluding hydrogens is 400 g/mol. The molecule has 1 aliphatic rings. The third-order valence-electron chi connectivity index (χ3n) is 4.61. The van der Waals surface area contributed by atoms with E-state index in [4.69, 9.17) is 16.3 Å². The molecule has 0 spiro atoms. The summed E-state index contributed by atoms with van der Waals surface area (Å²) in [5.41, 5.74) is 0.518. The second-order valence-electron chi connectivity index (χ2n) is 8.23. The monoisotopic (exact) mass is 421 g/mol. The first kappa shape index (κ1) is 21.2. The maximum absolute atomic E-state index is 13.5. The van der Waals surface area contributed by atoms with E-state index in [1.54, 1.807) is 24.3 Å². The summed E-state index contributed by atoms with van der Waals surface area (Å²) < 4.78 is 32.1. The van der Waals surface area contributed by atoms with Gasteiger partial charge < -0.3 is 10.1 Å². The van der Waals surface area contributed by atoms with Crippen molar-refractivity contribution in [1.82, 2.24) is 5.32 Å². The molecule has 1 saturated carbocycles. The first-order valence-electron chi connectivity index (χ1n) is 9.28. The van der Waals surface area contributed by atoms with Gasteiger partial charge in [-0.15, -0.1) is 0 Å². The molecule has 1 amide bonds. The first-order valence-corrected chi connectivity index (χ1v) is 9.66. The van der Waals surface area contributed by atoms with Crippen LogP contribution in [0.2, 0.25) is 5.02 Å². The van der Waals surface area contributed by atoms with E-state index in [0.717, 1.165) is 12.1 Å². The van der Waals surface area contributed by atoms with Crippen molar-refractivity contribution in [2.24, 2.45) is 5.92 Å². The van der Waals surface area contributed by atoms with Crippen molar-refractivity contribution in [3.63, 3.8) is 0 Å². The summed E-state index contributed by atoms with van der Waals surface area (Å²) in [4.78, 5) is 25.4. The van der Waals surface area contributed by atoms with Gasteiger partial charge in [-0.1, -0.05) is 29.8 Å². The Balaban J connectivity index is 1.75. The maximum atomic E-state index is 13.5. The van der Waals surface area contributed by atoms with Crippen LogP contribution in [-0.2, 0) is 14.3 Å². The number of ether oxygens (including phenoxy) is 1. The summed E-state index contributed by atoms with van der Waals surface area (Å²) in [5.74, 6) is -3.64. The van der Waals surface area contributed by atoms with Crippen molar-refractivity contribution in [1.29, 1.82) is 0 Å². The highest BCUT2D eigenvalue weighted by atomic mass is 35.5. The van der Waals surface area contributed by atoms with E-state index in [1.165, 1.54) is 6.07 Å². The summed E-state index contributed by atoms with van der Waals surface area (Å²) in [5, 5.41) is 3.31. The largest absolute Gasteiger partial charge is 0.447 e. The highest BCUT2D eigenvalue weighted by Gasteiger charge is 2.46. The minimum Gasteiger partial charge on any atom is -0.447 e. The van der Waals surface area contributed by atoms with Gasteiger partial charge in [-0.3, -0.25) is 9.59 Å². The summed E-state index contributed by atoms with van der Waals surface area (Å²) in [7, 11) is 0. The predicted octanol–water partition coefficient (Wildman–Crippen LogP) is 4.92. The zero-order chi connectivity index (χ0) is 21.3. The third-order valence-corrected chi connectivity index (χ3v) is 4.86. The van der Waals surface area contributed by atoms with E-state index >= 15 is 0 Å². The van der Waals surface area contributed by atoms with Crippen molar-refractivity contribution in [2.45, 2.75) is 44.8 Å². The number of nitrogens with one attached hydrogen (secondary N) is 1. The SMILES string of the molecule is CC(C)(C)NC(=O)C(OC(=O)C1CC1c1ccc(F)c(F)c1)c1ccc(Cl)cc1. The first-order chi connectivity index (χ1) is 13.5. The van der Waals surface area contributed by atoms with Crippen LogP contribution in [0.5, 0.6) is 0 Å². The summed E-state index contributed by atoms with van der Waals surface area (Å²) in [6, 6.07) is 10.1. The minimum atomic E-state index is -1.13. The molecule has 154 valence electrons. The lowest BCUT2D eigenvalue weighted by atomic mass is 10.0. The zero-order valence-corrected chi connectivity index (χ0v) is 17.1. The number of carbonyl (C=O) groups excluding carboxylic acids is 2. The average Bonchev–Trinajstić information content (AvgIpc) is 3.42. The van der Waals surface area contributed by atoms with Gasteiger partial charge in [0.1, 0.15) is 0 Å². The van der Waals surface area contributed by atoms with E-state index in [1.807, 2.05) is 20.8 Å². The van der Waals surface area contributed by atoms with Crippen molar-refractivity contribution < 1.29 is 23.1 Å². The Kier molecular flexibility index (Phi) is 5.94. The van der Waals surface area contributed by atoms with Gasteiger partial charge in [-0.25, -0.2) is 8.78 Å². The fraction of sp³-hybridized carbons (Fsp3) is 0.364. The number of halogens is 3. The van der Waals surface area contributed by atoms with Crippen LogP contribution in [0.15, 0.2) is 42.5 Å². The fourth-order valence-corrected chi connectivity index (χ4v) is 3.24. The van der Waals surface area contributed by atoms with Crippen molar-refractivity contribution in [3.8, 4) is 0 Å². The van der Waals surface area contributed by atoms with Crippen LogP contribution in [0.3, 0.4) is 0 Å². The van der Waals surface area contributed by atoms with E-state index < -0.39 is 41.1 Å². The average molecular weight is 422 g/mol. The molecule has 29 heavy (non-hydrogen) atoms. The molecular formula is C22H22ClF2NO3. The molecule has 2 aromatic carbocycles. The van der Waals surface area contributed by atoms with Crippen molar-refractivity contribution in [3.05, 3.63) is 70.2 Å². The van der Waals surface area contributed by atoms with Crippen LogP contribution in [0, 0.1) is 17.6 Å². The van der Waals surface area contributed by atoms with E-state index in [-0.39, 0.29) is 5.92 Å². The molecule has 0 heterocycles. The van der Waals surface area contributed by atoms with Gasteiger partial charge in [-0.2, -0.15) is 0 Å². The van der Waals surface area contributed by atoms with Crippen LogP contribution in [0.1, 0.15) is 50.3 Å². The number of hydrogen-bond acceptors (Lipinski definition) is 3. The second-order valence-corrected chi connectivity index (χ2v) is 8.67. The quantitative estimate of drug-likeness (QED) is 0.697. The Morgan fingerprint density at radius 1 is 1.10 bits per heavy atom. The Labute approximate surface area is 173 Å². The Morgan fingerprint density at radius 3 is 2.34 bits per heavy atom. The molecule has 0 saturated heterocycles. The topological polar surface area (TPSA) is 55.4 Å². The molecule has 1 N–H and O–H groups in total. The Bertz CT molecular complexity index is 925. The molecule has 0 bridgehead atoms. The van der Waals surface area contributed by atoms with Gasteiger partial charge in [0.05, 0.1) is 5.92 Å². The number of benzene rings is 2. The van der Waals surface area contributed by atoms with Crippen molar-refractivity contribution >= 4 is 23.5 Å². The zero-order valence-electron chi connectivity index (χ0n) is 16.3. The molecule has 0 aliphatic heterocycles. The minimum absolute atomic E-state index is 0.255. The van der Waals surface area contributed by atoms with E-state index in [2.05, 4.69) is 5.32 Å². The Morgan fingerprint density at radius 2 is 1.76 bits per heavy atom. The van der Waals surface area contributed by atoms with Gasteiger partial charge >= 0.3 is 5.97 Å². The standard InChI is InChI=1S/C22H22ClF2NO3/c1-22(2,3)26-20(27)19(12-4-7-14(23)8-5-12)29-21(28)16-11-15(16)13-6-9-17(24)18(25)10-13/h4-10,15-16,19H,11H2,1-3H3,(H,26,27). The molecule has 4 nitrogen and oxygen atoms in total. The molecule has 3 atom stereocenters. The number of hydrogen-bond donors (Lipinski definition) is 1. The van der Waals surface area contributed by atoms with Gasteiger partial charge in [-0.05, 0) is 62.9 Å². The van der Waals surface area contributed by atoms with Gasteiger partial charge in [0.25, 0.3) is 5.91 Å². The number of esters is 1. The van der Waals surface area contributed by atoms with E-state index in [9.17, 15) is 18.4 Å². The second kappa shape index (κ2) is 8.11. The molecule has 0 radical (unpaired) electrons. The molecule has 1 fully saturated rings. The number of rotatable bonds is 5. The smallest absolute Gasteiger partial charge is 0.310 e. The van der Waals surface area contributed by atoms with Gasteiger partial charge in [0, 0.05) is 16.1 Å². The maximum Gasteiger partial charge on any atom is 0.310 e. The predicted molar refractivity (Wildman–Crippen MR) is 105 cm³/mol. The molecule has 2 aromatic rings. The molecule has 1 aliphatic carbocycles. The molecule has 3 unspecified atom stereocenters. The lowest BCUT2D eigenvalue weighted by Crippen LogP contribution is -2.44. The molecule has 7 heteroatoms. The molecule has 3 rings (SSSR count). The molecule has 0 aromatic heterocycles. The van der Waals surface area contributed by atoms with Crippen molar-refractivity contribution in [2.75, 3.05) is 0 Å². The highest BCUT2D eigenvalue weighted by molar-refractivity contribution is 6.30. The number of carbonyl (C=O) groups is 2. The Hall–Kier alpha value is -2.47. The van der Waals surface area contributed by atoms with Gasteiger partial charge in [0.15, 0.2) is 11.6 Å². The van der Waals surface area contributed by atoms with Crippen LogP contribution >= 0.6 is 11.6 Å². The lowest BCUT2D eigenvalue weighted by Gasteiger charge is -2.25. The van der Waals surface area contributed by atoms with Crippen LogP contribution in [0.25, 0.3) is 0 Å². The van der Waals surface area contributed by atoms with Crippen LogP contribution < -0.4 is 5.32 Å². The van der Waals surface area contributed by atoms with Gasteiger partial charge in [0.2, 0.25) is 6.10 Å². The number of amides is 1. The van der Waals surface area contributed by atoms with Crippen LogP contribution in [0.4, 0.5) is 8.78 Å². The fourth-order valence-electron chi connectivity index (χ4n) is 3.12. The lowest BCUT2D eigenvalue weighted by molar-refractivity contribution is -0.158. The third kappa shape index (κ3) is 5.32. The highest BCUT2D eigenvalue weighted by Crippen LogP contribution is 2.49. The summed E-state index contributed by atoms with van der Waals surface area (Å²) in [6.07, 6.45) is -0.678. The van der Waals surface area contributed by atoms with E-state index in [0.29, 0.717) is 22.6 Å². The van der Waals surface area contributed by atoms with Crippen LogP contribution in [-0.4, -0.2) is 17.4 Å². The summed E-state index contributed by atoms with van der Waals surface area (Å²) >= 11 is 5.91. The summed E-state index contributed by atoms with van der Waals surface area (Å²) in [6.45, 7) is 5.48.